The Morgan fingerprint density at radius 1 is 0.248 bits per heavy atom. The van der Waals surface area contributed by atoms with Crippen molar-refractivity contribution in [2.24, 2.45) is 0 Å². The Labute approximate surface area is 713 Å². The van der Waals surface area contributed by atoms with E-state index in [0.29, 0.717) is 19.3 Å². The number of hydrogen-bond acceptors (Lipinski definition) is 14. The van der Waals surface area contributed by atoms with Crippen molar-refractivity contribution < 1.29 is 75.8 Å². The number of ether oxygens (including phenoxy) is 3. The molecule has 668 valence electrons. The molecule has 0 aliphatic carbocycles. The number of esters is 3. The first-order chi connectivity index (χ1) is 57.2. The Hall–Kier alpha value is -5.35. The molecule has 0 aromatic carbocycles. The smallest absolute Gasteiger partial charge is 0.463 e. The minimum absolute atomic E-state index is 0.0787. The van der Waals surface area contributed by atoms with Gasteiger partial charge in [0.25, 0.3) is 0 Å². The van der Waals surface area contributed by atoms with Crippen molar-refractivity contribution in [3.05, 3.63) is 182 Å². The van der Waals surface area contributed by atoms with Crippen LogP contribution in [0, 0.1) is 0 Å². The van der Waals surface area contributed by atoms with Gasteiger partial charge in [-0.15, -0.1) is 0 Å². The molecule has 0 aliphatic rings. The van der Waals surface area contributed by atoms with Crippen LogP contribution in [0.3, 0.4) is 0 Å². The predicted molar refractivity (Wildman–Crippen MR) is 491 cm³/mol. The van der Waals surface area contributed by atoms with Gasteiger partial charge < -0.3 is 34.2 Å². The molecule has 5 unspecified atom stereocenters. The van der Waals surface area contributed by atoms with E-state index in [9.17, 15) is 43.5 Å². The Balaban J connectivity index is 4.57. The number of rotatable bonds is 86. The minimum Gasteiger partial charge on any atom is -0.463 e. The average molecular weight is 1670 g/mol. The van der Waals surface area contributed by atoms with Crippen molar-refractivity contribution in [1.82, 2.24) is 0 Å². The monoisotopic (exact) mass is 1670 g/mol. The van der Waals surface area contributed by atoms with Crippen LogP contribution < -0.4 is 0 Å². The zero-order valence-electron chi connectivity index (χ0n) is 73.6. The van der Waals surface area contributed by atoms with Crippen molar-refractivity contribution in [1.29, 1.82) is 0 Å². The third-order valence-electron chi connectivity index (χ3n) is 19.1. The molecule has 0 bridgehead atoms. The summed E-state index contributed by atoms with van der Waals surface area (Å²) in [5.41, 5.74) is 0. The van der Waals surface area contributed by atoms with Crippen LogP contribution in [0.5, 0.6) is 0 Å². The Morgan fingerprint density at radius 2 is 0.453 bits per heavy atom. The van der Waals surface area contributed by atoms with Gasteiger partial charge in [-0.1, -0.05) is 370 Å². The lowest BCUT2D eigenvalue weighted by molar-refractivity contribution is -0.161. The second-order valence-corrected chi connectivity index (χ2v) is 33.2. The van der Waals surface area contributed by atoms with Gasteiger partial charge in [0.1, 0.15) is 25.4 Å². The number of aliphatic hydroxyl groups is 2. The van der Waals surface area contributed by atoms with Crippen molar-refractivity contribution in [3.63, 3.8) is 0 Å². The fourth-order valence-corrected chi connectivity index (χ4v) is 13.8. The molecule has 0 saturated carbocycles. The van der Waals surface area contributed by atoms with E-state index >= 15 is 0 Å². The van der Waals surface area contributed by atoms with Crippen molar-refractivity contribution in [3.8, 4) is 0 Å². The Bertz CT molecular complexity index is 2860. The normalized spacial score (nSPS) is 14.6. The maximum absolute atomic E-state index is 13.1. The molecule has 0 fully saturated rings. The van der Waals surface area contributed by atoms with Gasteiger partial charge >= 0.3 is 33.6 Å². The van der Waals surface area contributed by atoms with Crippen LogP contribution >= 0.6 is 15.6 Å². The second-order valence-electron chi connectivity index (χ2n) is 30.3. The van der Waals surface area contributed by atoms with E-state index in [0.717, 1.165) is 180 Å². The number of phosphoric ester groups is 2. The molecular weight excluding hydrogens is 1510 g/mol. The van der Waals surface area contributed by atoms with Crippen LogP contribution in [0.1, 0.15) is 367 Å². The number of phosphoric acid groups is 2. The quantitative estimate of drug-likeness (QED) is 0.0146. The largest absolute Gasteiger partial charge is 0.472 e. The van der Waals surface area contributed by atoms with E-state index in [2.05, 4.69) is 203 Å². The van der Waals surface area contributed by atoms with Gasteiger partial charge in [0.15, 0.2) is 6.10 Å². The molecule has 18 heteroatoms. The Morgan fingerprint density at radius 3 is 0.718 bits per heavy atom. The summed E-state index contributed by atoms with van der Waals surface area (Å²) in [6.07, 6.45) is 118. The van der Waals surface area contributed by atoms with Gasteiger partial charge in [0.2, 0.25) is 0 Å². The molecule has 0 heterocycles. The zero-order chi connectivity index (χ0) is 85.1. The van der Waals surface area contributed by atoms with Gasteiger partial charge in [-0.3, -0.25) is 32.5 Å². The van der Waals surface area contributed by atoms with Gasteiger partial charge in [-0.05, 0) is 161 Å². The third-order valence-corrected chi connectivity index (χ3v) is 21.0. The van der Waals surface area contributed by atoms with Crippen LogP contribution in [-0.4, -0.2) is 95.9 Å². The summed E-state index contributed by atoms with van der Waals surface area (Å²) < 4.78 is 61.4. The standard InChI is InChI=1S/C99H166O16P2/c1-4-7-10-13-16-19-22-25-28-31-34-37-40-41-42-43-44-45-46-47-48-49-50-51-54-56-58-61-64-67-70-73-76-79-82-85-97(102)109-88-94(100)89-111-116(105,106)112-90-95(101)91-113-117(107,108)114-93-96(115-99(104)87-84-81-78-75-72-69-66-63-60-57-53-39-36-33-30-27-24-21-18-15-12-9-6-3)92-110-98(103)86-83-80-77-74-71-68-65-62-59-55-52-38-35-32-29-26-23-20-17-14-11-8-5-2/h8-9,11-12,16-21,25-30,34-39,41-42,55,57,59-60,65,68,94-96,100-101H,4-7,10,13-15,22-24,31-33,40,43-54,56,58,61-64,66-67,69-93H2,1-3H3,(H,105,106)(H,107,108)/b11-8-,12-9-,19-16-,20-17-,21-18-,28-25-,29-26-,30-27-,37-34-,38-35-,39-36-,42-41-,59-55-,60-57-,68-65-. The molecule has 5 atom stereocenters. The molecule has 117 heavy (non-hydrogen) atoms. The highest BCUT2D eigenvalue weighted by atomic mass is 31.2. The third kappa shape index (κ3) is 91.2. The topological polar surface area (TPSA) is 231 Å². The lowest BCUT2D eigenvalue weighted by atomic mass is 10.0. The first kappa shape index (κ1) is 112. The maximum atomic E-state index is 13.1. The summed E-state index contributed by atoms with van der Waals surface area (Å²) in [7, 11) is -9.83. The lowest BCUT2D eigenvalue weighted by Crippen LogP contribution is -2.30. The molecule has 0 amide bonds. The van der Waals surface area contributed by atoms with E-state index in [1.165, 1.54) is 128 Å². The highest BCUT2D eigenvalue weighted by Gasteiger charge is 2.29. The summed E-state index contributed by atoms with van der Waals surface area (Å²) in [5, 5.41) is 20.7. The summed E-state index contributed by atoms with van der Waals surface area (Å²) >= 11 is 0. The maximum Gasteiger partial charge on any atom is 0.472 e. The minimum atomic E-state index is -4.96. The first-order valence-corrected chi connectivity index (χ1v) is 49.1. The fourth-order valence-electron chi connectivity index (χ4n) is 12.2. The van der Waals surface area contributed by atoms with Crippen molar-refractivity contribution in [2.45, 2.75) is 386 Å². The molecule has 0 spiro atoms. The van der Waals surface area contributed by atoms with E-state index in [4.69, 9.17) is 32.3 Å². The number of aliphatic hydroxyl groups excluding tert-OH is 2. The van der Waals surface area contributed by atoms with Gasteiger partial charge in [0.05, 0.1) is 26.4 Å². The summed E-state index contributed by atoms with van der Waals surface area (Å²) in [6, 6.07) is 0. The molecule has 0 saturated heterocycles. The van der Waals surface area contributed by atoms with Crippen LogP contribution in [0.2, 0.25) is 0 Å². The zero-order valence-corrected chi connectivity index (χ0v) is 75.4. The second kappa shape index (κ2) is 89.9. The number of hydrogen-bond donors (Lipinski definition) is 4. The van der Waals surface area contributed by atoms with Crippen LogP contribution in [0.25, 0.3) is 0 Å². The van der Waals surface area contributed by atoms with Crippen molar-refractivity contribution in [2.75, 3.05) is 39.6 Å². The van der Waals surface area contributed by atoms with E-state index in [1.54, 1.807) is 0 Å². The van der Waals surface area contributed by atoms with Crippen LogP contribution in [0.4, 0.5) is 0 Å². The Kier molecular flexibility index (Phi) is 85.8. The van der Waals surface area contributed by atoms with Gasteiger partial charge in [-0.2, -0.15) is 0 Å². The van der Waals surface area contributed by atoms with Crippen LogP contribution in [-0.2, 0) is 55.8 Å². The van der Waals surface area contributed by atoms with E-state index < -0.39 is 91.5 Å². The van der Waals surface area contributed by atoms with Crippen molar-refractivity contribution >= 4 is 33.6 Å². The number of unbranched alkanes of at least 4 members (excludes halogenated alkanes) is 33. The van der Waals surface area contributed by atoms with E-state index in [-0.39, 0.29) is 19.3 Å². The molecule has 16 nitrogen and oxygen atoms in total. The SMILES string of the molecule is CC/C=C\C/C=C\C/C=C\C/C=C\C/C=C\C/C=C\CCCCCCC(=O)OCC(COP(=O)(O)OCC(O)COP(=O)(O)OCC(O)COC(=O)CCCCCCCCCCCCCCCCCCCCC/C=C\C/C=C\C/C=C\C/C=C\CCCCC)OC(=O)CCCCCCCCC/C=C\C/C=C\C/C=C\C/C=C\C/C=C\CC. The lowest BCUT2D eigenvalue weighted by Gasteiger charge is -2.21. The molecule has 0 aromatic rings. The first-order valence-electron chi connectivity index (χ1n) is 46.1. The summed E-state index contributed by atoms with van der Waals surface area (Å²) in [4.78, 5) is 59.0. The predicted octanol–water partition coefficient (Wildman–Crippen LogP) is 28.4. The average Bonchev–Trinajstić information content (AvgIpc) is 0.899. The highest BCUT2D eigenvalue weighted by molar-refractivity contribution is 7.47. The van der Waals surface area contributed by atoms with Crippen LogP contribution in [0.15, 0.2) is 182 Å². The number of carbonyl (C=O) groups is 3. The van der Waals surface area contributed by atoms with Gasteiger partial charge in [-0.25, -0.2) is 9.13 Å². The molecular formula is C99H166O16P2. The molecule has 0 rings (SSSR count). The molecule has 0 radical (unpaired) electrons. The number of carbonyl (C=O) groups excluding carboxylic acids is 3. The fraction of sp³-hybridized carbons (Fsp3) is 0.667. The van der Waals surface area contributed by atoms with Gasteiger partial charge in [0, 0.05) is 19.3 Å². The number of allylic oxidation sites excluding steroid dienone is 30. The molecule has 0 aliphatic heterocycles. The molecule has 4 N–H and O–H groups in total. The van der Waals surface area contributed by atoms with E-state index in [1.807, 2.05) is 0 Å². The summed E-state index contributed by atoms with van der Waals surface area (Å²) in [5.74, 6) is -1.62. The molecule has 0 aromatic heterocycles. The highest BCUT2D eigenvalue weighted by Crippen LogP contribution is 2.45. The summed E-state index contributed by atoms with van der Waals surface area (Å²) in [6.45, 7) is 2.41.